The van der Waals surface area contributed by atoms with Crippen LogP contribution in [0.3, 0.4) is 0 Å². The zero-order valence-electron chi connectivity index (χ0n) is 21.0. The molecule has 4 aromatic rings. The molecule has 0 aromatic heterocycles. The SMILES string of the molecule is Cc1cc(/C(O)=C2/C(=O)C(=O)N(c3ccc(F)c(F)c3)C2c2cccc3ccccc23)ccc1OC(C)C. The third-order valence-corrected chi connectivity index (χ3v) is 6.55. The molecular formula is C31H25F2NO4. The van der Waals surface area contributed by atoms with Crippen LogP contribution in [0.15, 0.2) is 84.4 Å². The summed E-state index contributed by atoms with van der Waals surface area (Å²) in [5.41, 5.74) is 1.48. The number of aliphatic hydroxyl groups excluding tert-OH is 1. The highest BCUT2D eigenvalue weighted by Gasteiger charge is 2.47. The molecule has 1 aliphatic heterocycles. The lowest BCUT2D eigenvalue weighted by atomic mass is 9.91. The number of rotatable bonds is 5. The number of carbonyl (C=O) groups excluding carboxylic acids is 2. The van der Waals surface area contributed by atoms with Gasteiger partial charge in [0.1, 0.15) is 11.5 Å². The van der Waals surface area contributed by atoms with E-state index < -0.39 is 29.4 Å². The summed E-state index contributed by atoms with van der Waals surface area (Å²) in [6.45, 7) is 5.62. The summed E-state index contributed by atoms with van der Waals surface area (Å²) in [6, 6.07) is 19.8. The van der Waals surface area contributed by atoms with Gasteiger partial charge in [-0.25, -0.2) is 8.78 Å². The monoisotopic (exact) mass is 513 g/mol. The highest BCUT2D eigenvalue weighted by atomic mass is 19.2. The molecule has 0 spiro atoms. The minimum Gasteiger partial charge on any atom is -0.507 e. The minimum atomic E-state index is -1.16. The molecule has 5 nitrogen and oxygen atoms in total. The molecule has 1 atom stereocenters. The van der Waals surface area contributed by atoms with Gasteiger partial charge in [-0.1, -0.05) is 42.5 Å². The van der Waals surface area contributed by atoms with Crippen molar-refractivity contribution in [3.63, 3.8) is 0 Å². The maximum atomic E-state index is 14.3. The Morgan fingerprint density at radius 1 is 0.921 bits per heavy atom. The third kappa shape index (κ3) is 4.30. The van der Waals surface area contributed by atoms with Crippen LogP contribution < -0.4 is 9.64 Å². The number of fused-ring (bicyclic) bond motifs is 1. The Labute approximate surface area is 218 Å². The van der Waals surface area contributed by atoms with Gasteiger partial charge < -0.3 is 9.84 Å². The van der Waals surface area contributed by atoms with E-state index in [2.05, 4.69) is 0 Å². The van der Waals surface area contributed by atoms with Crippen LogP contribution in [0.5, 0.6) is 5.75 Å². The van der Waals surface area contributed by atoms with Gasteiger partial charge in [-0.2, -0.15) is 0 Å². The van der Waals surface area contributed by atoms with E-state index in [4.69, 9.17) is 4.74 Å². The molecule has 1 saturated heterocycles. The van der Waals surface area contributed by atoms with Gasteiger partial charge in [0, 0.05) is 17.3 Å². The molecule has 192 valence electrons. The van der Waals surface area contributed by atoms with Crippen LogP contribution in [-0.4, -0.2) is 22.9 Å². The summed E-state index contributed by atoms with van der Waals surface area (Å²) in [4.78, 5) is 28.0. The standard InChI is InChI=1S/C31H25F2NO4/c1-17(2)38-26-14-11-20(15-18(26)3)29(35)27-28(23-10-6-8-19-7-4-5-9-22(19)23)34(31(37)30(27)36)21-12-13-24(32)25(33)16-21/h4-17,28,35H,1-3H3/b29-27-. The van der Waals surface area contributed by atoms with E-state index in [1.165, 1.54) is 6.07 Å². The van der Waals surface area contributed by atoms with Crippen molar-refractivity contribution in [2.75, 3.05) is 4.90 Å². The first-order chi connectivity index (χ1) is 18.2. The fourth-order valence-corrected chi connectivity index (χ4v) is 4.86. The van der Waals surface area contributed by atoms with Crippen LogP contribution in [0.1, 0.15) is 36.6 Å². The van der Waals surface area contributed by atoms with Gasteiger partial charge >= 0.3 is 0 Å². The number of anilines is 1. The van der Waals surface area contributed by atoms with Gasteiger partial charge in [-0.3, -0.25) is 14.5 Å². The minimum absolute atomic E-state index is 0.000143. The Morgan fingerprint density at radius 2 is 1.66 bits per heavy atom. The molecule has 0 radical (unpaired) electrons. The van der Waals surface area contributed by atoms with Crippen molar-refractivity contribution in [2.45, 2.75) is 32.9 Å². The quantitative estimate of drug-likeness (QED) is 0.180. The molecule has 1 amide bonds. The highest BCUT2D eigenvalue weighted by Crippen LogP contribution is 2.44. The topological polar surface area (TPSA) is 66.8 Å². The van der Waals surface area contributed by atoms with Crippen LogP contribution in [0.2, 0.25) is 0 Å². The van der Waals surface area contributed by atoms with Gasteiger partial charge in [0.25, 0.3) is 11.7 Å². The Hall–Kier alpha value is -4.52. The number of hydrogen-bond donors (Lipinski definition) is 1. The fraction of sp³-hybridized carbons (Fsp3) is 0.161. The molecule has 38 heavy (non-hydrogen) atoms. The highest BCUT2D eigenvalue weighted by molar-refractivity contribution is 6.51. The molecule has 4 aromatic carbocycles. The molecule has 7 heteroatoms. The normalized spacial score (nSPS) is 17.0. The Morgan fingerprint density at radius 3 is 2.37 bits per heavy atom. The molecule has 0 saturated carbocycles. The Balaban J connectivity index is 1.75. The molecule has 1 aliphatic rings. The number of benzene rings is 4. The van der Waals surface area contributed by atoms with Crippen molar-refractivity contribution in [1.29, 1.82) is 0 Å². The number of aryl methyl sites for hydroxylation is 1. The summed E-state index contributed by atoms with van der Waals surface area (Å²) in [5.74, 6) is -3.85. The van der Waals surface area contributed by atoms with Gasteiger partial charge in [0.05, 0.1) is 17.7 Å². The summed E-state index contributed by atoms with van der Waals surface area (Å²) >= 11 is 0. The smallest absolute Gasteiger partial charge is 0.300 e. The van der Waals surface area contributed by atoms with Crippen LogP contribution in [-0.2, 0) is 9.59 Å². The zero-order chi connectivity index (χ0) is 27.1. The lowest BCUT2D eigenvalue weighted by molar-refractivity contribution is -0.132. The van der Waals surface area contributed by atoms with Crippen LogP contribution in [0.4, 0.5) is 14.5 Å². The van der Waals surface area contributed by atoms with E-state index in [1.54, 1.807) is 30.3 Å². The molecule has 1 N–H and O–H groups in total. The number of Topliss-reactive ketones (excluding diaryl/α,β-unsaturated/α-hetero) is 1. The van der Waals surface area contributed by atoms with Crippen LogP contribution in [0, 0.1) is 18.6 Å². The second-order valence-corrected chi connectivity index (χ2v) is 9.48. The van der Waals surface area contributed by atoms with Gasteiger partial charge in [-0.05, 0) is 73.0 Å². The molecule has 0 aliphatic carbocycles. The number of carbonyl (C=O) groups is 2. The fourth-order valence-electron chi connectivity index (χ4n) is 4.86. The third-order valence-electron chi connectivity index (χ3n) is 6.55. The van der Waals surface area contributed by atoms with E-state index in [-0.39, 0.29) is 23.1 Å². The Bertz CT molecular complexity index is 1620. The first kappa shape index (κ1) is 25.1. The average Bonchev–Trinajstić information content (AvgIpc) is 3.16. The van der Waals surface area contributed by atoms with E-state index in [1.807, 2.05) is 51.1 Å². The maximum absolute atomic E-state index is 14.3. The van der Waals surface area contributed by atoms with Gasteiger partial charge in [-0.15, -0.1) is 0 Å². The largest absolute Gasteiger partial charge is 0.507 e. The number of nitrogens with zero attached hydrogens (tertiary/aromatic N) is 1. The van der Waals surface area contributed by atoms with E-state index in [9.17, 15) is 23.5 Å². The number of ether oxygens (including phenoxy) is 1. The van der Waals surface area contributed by atoms with Crippen LogP contribution >= 0.6 is 0 Å². The molecule has 1 unspecified atom stereocenters. The van der Waals surface area contributed by atoms with Crippen molar-refractivity contribution in [1.82, 2.24) is 0 Å². The molecule has 1 heterocycles. The predicted octanol–water partition coefficient (Wildman–Crippen LogP) is 6.84. The lowest BCUT2D eigenvalue weighted by Crippen LogP contribution is -2.29. The van der Waals surface area contributed by atoms with Gasteiger partial charge in [0.2, 0.25) is 0 Å². The summed E-state index contributed by atoms with van der Waals surface area (Å²) < 4.78 is 33.8. The second-order valence-electron chi connectivity index (χ2n) is 9.48. The molecule has 0 bridgehead atoms. The predicted molar refractivity (Wildman–Crippen MR) is 142 cm³/mol. The molecular weight excluding hydrogens is 488 g/mol. The number of ketones is 1. The first-order valence-corrected chi connectivity index (χ1v) is 12.2. The molecule has 1 fully saturated rings. The lowest BCUT2D eigenvalue weighted by Gasteiger charge is -2.26. The van der Waals surface area contributed by atoms with E-state index in [0.717, 1.165) is 33.4 Å². The first-order valence-electron chi connectivity index (χ1n) is 12.2. The molecule has 5 rings (SSSR count). The van der Waals surface area contributed by atoms with Crippen molar-refractivity contribution in [3.8, 4) is 5.75 Å². The summed E-state index contributed by atoms with van der Waals surface area (Å²) in [6.07, 6.45) is -0.0547. The van der Waals surface area contributed by atoms with Crippen molar-refractivity contribution in [3.05, 3.63) is 113 Å². The number of amides is 1. The average molecular weight is 514 g/mol. The number of aliphatic hydroxyl groups is 1. The zero-order valence-corrected chi connectivity index (χ0v) is 21.0. The number of halogens is 2. The number of hydrogen-bond acceptors (Lipinski definition) is 4. The summed E-state index contributed by atoms with van der Waals surface area (Å²) in [7, 11) is 0. The van der Waals surface area contributed by atoms with Crippen molar-refractivity contribution < 1.29 is 28.2 Å². The Kier molecular flexibility index (Phi) is 6.45. The summed E-state index contributed by atoms with van der Waals surface area (Å²) in [5, 5.41) is 13.1. The second kappa shape index (κ2) is 9.74. The van der Waals surface area contributed by atoms with Crippen molar-refractivity contribution in [2.24, 2.45) is 0 Å². The van der Waals surface area contributed by atoms with Crippen molar-refractivity contribution >= 4 is 33.9 Å². The van der Waals surface area contributed by atoms with E-state index in [0.29, 0.717) is 16.9 Å². The van der Waals surface area contributed by atoms with Crippen LogP contribution in [0.25, 0.3) is 16.5 Å². The van der Waals surface area contributed by atoms with Gasteiger partial charge in [0.15, 0.2) is 11.6 Å². The maximum Gasteiger partial charge on any atom is 0.300 e. The van der Waals surface area contributed by atoms with E-state index >= 15 is 0 Å².